The van der Waals surface area contributed by atoms with Gasteiger partial charge in [0.25, 0.3) is 0 Å². The molecule has 0 heterocycles. The molecule has 0 spiro atoms. The Kier molecular flexibility index (Phi) is 5.49. The van der Waals surface area contributed by atoms with Gasteiger partial charge in [-0.15, -0.1) is 6.58 Å². The molecule has 3 nitrogen and oxygen atoms in total. The van der Waals surface area contributed by atoms with E-state index < -0.39 is 19.7 Å². The molecule has 0 amide bonds. The largest absolute Gasteiger partial charge is 0.399 e. The predicted molar refractivity (Wildman–Crippen MR) is 50.6 cm³/mol. The summed E-state index contributed by atoms with van der Waals surface area (Å²) in [6.07, 6.45) is 0.273. The minimum Gasteiger partial charge on any atom is -0.305 e. The van der Waals surface area contributed by atoms with E-state index in [1.165, 1.54) is 13.8 Å². The number of rotatable bonds is 7. The highest BCUT2D eigenvalue weighted by Gasteiger charge is 2.52. The van der Waals surface area contributed by atoms with Crippen molar-refractivity contribution in [2.75, 3.05) is 13.2 Å². The SMILES string of the molecule is C=CCC(F)(F)P(=O)(OCC)OCC. The average Bonchev–Trinajstić information content (AvgIpc) is 2.04. The highest BCUT2D eigenvalue weighted by molar-refractivity contribution is 7.55. The van der Waals surface area contributed by atoms with Gasteiger partial charge in [0.2, 0.25) is 0 Å². The summed E-state index contributed by atoms with van der Waals surface area (Å²) in [5.74, 6) is 0. The van der Waals surface area contributed by atoms with Crippen LogP contribution in [0.3, 0.4) is 0 Å². The van der Waals surface area contributed by atoms with Crippen LogP contribution in [0.4, 0.5) is 8.78 Å². The van der Waals surface area contributed by atoms with E-state index in [-0.39, 0.29) is 13.2 Å². The van der Waals surface area contributed by atoms with E-state index in [0.29, 0.717) is 0 Å². The van der Waals surface area contributed by atoms with E-state index in [2.05, 4.69) is 15.6 Å². The Morgan fingerprint density at radius 3 is 2.07 bits per heavy atom. The van der Waals surface area contributed by atoms with Crippen LogP contribution in [-0.4, -0.2) is 18.9 Å². The van der Waals surface area contributed by atoms with Gasteiger partial charge in [0.1, 0.15) is 0 Å². The topological polar surface area (TPSA) is 35.5 Å². The maximum Gasteiger partial charge on any atom is 0.399 e. The first kappa shape index (κ1) is 13.8. The van der Waals surface area contributed by atoms with E-state index in [1.807, 2.05) is 0 Å². The minimum atomic E-state index is -4.34. The van der Waals surface area contributed by atoms with Gasteiger partial charge < -0.3 is 9.05 Å². The lowest BCUT2D eigenvalue weighted by Gasteiger charge is -2.24. The lowest BCUT2D eigenvalue weighted by Crippen LogP contribution is -2.19. The molecule has 0 unspecified atom stereocenters. The molecule has 0 radical (unpaired) electrons. The van der Waals surface area contributed by atoms with Crippen LogP contribution in [-0.2, 0) is 13.6 Å². The molecule has 0 bridgehead atoms. The van der Waals surface area contributed by atoms with Crippen LogP contribution in [0.2, 0.25) is 0 Å². The molecule has 84 valence electrons. The van der Waals surface area contributed by atoms with Crippen LogP contribution >= 0.6 is 7.60 Å². The molecule has 0 saturated carbocycles. The first-order chi connectivity index (χ1) is 6.43. The first-order valence-electron chi connectivity index (χ1n) is 4.31. The Hall–Kier alpha value is -0.250. The third-order valence-electron chi connectivity index (χ3n) is 1.39. The standard InChI is InChI=1S/C8H15F2O3P/c1-4-7-8(9,10)14(11,12-5-2)13-6-3/h4H,1,5-7H2,2-3H3. The van der Waals surface area contributed by atoms with E-state index >= 15 is 0 Å². The van der Waals surface area contributed by atoms with E-state index in [0.717, 1.165) is 6.08 Å². The van der Waals surface area contributed by atoms with Gasteiger partial charge in [-0.3, -0.25) is 4.57 Å². The monoisotopic (exact) mass is 228 g/mol. The Morgan fingerprint density at radius 2 is 1.79 bits per heavy atom. The Bertz CT molecular complexity index is 221. The molecule has 0 aromatic heterocycles. The molecular formula is C8H15F2O3P. The van der Waals surface area contributed by atoms with Crippen LogP contribution in [0, 0.1) is 0 Å². The number of halogens is 2. The molecule has 0 saturated heterocycles. The van der Waals surface area contributed by atoms with Crippen LogP contribution in [0.5, 0.6) is 0 Å². The van der Waals surface area contributed by atoms with Crippen molar-refractivity contribution < 1.29 is 22.4 Å². The number of allylic oxidation sites excluding steroid dienone is 1. The predicted octanol–water partition coefficient (Wildman–Crippen LogP) is 3.42. The van der Waals surface area contributed by atoms with Gasteiger partial charge in [-0.2, -0.15) is 8.78 Å². The highest BCUT2D eigenvalue weighted by atomic mass is 31.2. The number of hydrogen-bond donors (Lipinski definition) is 0. The van der Waals surface area contributed by atoms with E-state index in [9.17, 15) is 13.3 Å². The van der Waals surface area contributed by atoms with Gasteiger partial charge in [-0.25, -0.2) is 0 Å². The zero-order valence-corrected chi connectivity index (χ0v) is 9.23. The molecule has 14 heavy (non-hydrogen) atoms. The first-order valence-corrected chi connectivity index (χ1v) is 5.85. The quantitative estimate of drug-likeness (QED) is 0.494. The zero-order chi connectivity index (χ0) is 11.2. The maximum absolute atomic E-state index is 13.3. The Balaban J connectivity index is 4.77. The fourth-order valence-corrected chi connectivity index (χ4v) is 2.34. The zero-order valence-electron chi connectivity index (χ0n) is 8.33. The van der Waals surface area contributed by atoms with Gasteiger partial charge in [-0.05, 0) is 13.8 Å². The maximum atomic E-state index is 13.3. The summed E-state index contributed by atoms with van der Waals surface area (Å²) < 4.78 is 47.2. The van der Waals surface area contributed by atoms with Gasteiger partial charge in [0.15, 0.2) is 0 Å². The van der Waals surface area contributed by atoms with Crippen molar-refractivity contribution >= 4 is 7.60 Å². The van der Waals surface area contributed by atoms with Crippen LogP contribution in [0.15, 0.2) is 12.7 Å². The van der Waals surface area contributed by atoms with Crippen molar-refractivity contribution in [2.24, 2.45) is 0 Å². The summed E-state index contributed by atoms with van der Waals surface area (Å²) in [5, 5.41) is 0. The second kappa shape index (κ2) is 5.59. The molecule has 0 rings (SSSR count). The van der Waals surface area contributed by atoms with Crippen molar-refractivity contribution in [2.45, 2.75) is 25.9 Å². The summed E-state index contributed by atoms with van der Waals surface area (Å²) in [6, 6.07) is 0. The fraction of sp³-hybridized carbons (Fsp3) is 0.750. The molecular weight excluding hydrogens is 213 g/mol. The lowest BCUT2D eigenvalue weighted by molar-refractivity contribution is 0.0416. The van der Waals surface area contributed by atoms with Crippen molar-refractivity contribution in [1.82, 2.24) is 0 Å². The average molecular weight is 228 g/mol. The molecule has 6 heteroatoms. The van der Waals surface area contributed by atoms with Crippen molar-refractivity contribution in [1.29, 1.82) is 0 Å². The molecule has 0 N–H and O–H groups in total. The van der Waals surface area contributed by atoms with Crippen molar-refractivity contribution in [3.05, 3.63) is 12.7 Å². The third kappa shape index (κ3) is 3.15. The van der Waals surface area contributed by atoms with Gasteiger partial charge in [0, 0.05) is 6.42 Å². The van der Waals surface area contributed by atoms with E-state index in [1.54, 1.807) is 0 Å². The molecule has 0 aromatic rings. The number of hydrogen-bond acceptors (Lipinski definition) is 3. The summed E-state index contributed by atoms with van der Waals surface area (Å²) in [7, 11) is -4.34. The normalized spacial score (nSPS) is 12.9. The fourth-order valence-electron chi connectivity index (χ4n) is 0.852. The van der Waals surface area contributed by atoms with Gasteiger partial charge >= 0.3 is 13.3 Å². The molecule has 0 aliphatic rings. The van der Waals surface area contributed by atoms with Gasteiger partial charge in [-0.1, -0.05) is 6.08 Å². The highest BCUT2D eigenvalue weighted by Crippen LogP contribution is 2.63. The molecule has 0 aliphatic carbocycles. The van der Waals surface area contributed by atoms with Crippen LogP contribution in [0.25, 0.3) is 0 Å². The molecule has 0 fully saturated rings. The van der Waals surface area contributed by atoms with Crippen molar-refractivity contribution in [3.8, 4) is 0 Å². The van der Waals surface area contributed by atoms with Gasteiger partial charge in [0.05, 0.1) is 13.2 Å². The van der Waals surface area contributed by atoms with Crippen molar-refractivity contribution in [3.63, 3.8) is 0 Å². The molecule has 0 aliphatic heterocycles. The minimum absolute atomic E-state index is 0.0794. The summed E-state index contributed by atoms with van der Waals surface area (Å²) in [4.78, 5) is 0. The molecule has 0 atom stereocenters. The Morgan fingerprint density at radius 1 is 1.36 bits per heavy atom. The van der Waals surface area contributed by atoms with Crippen LogP contribution < -0.4 is 0 Å². The summed E-state index contributed by atoms with van der Waals surface area (Å²) >= 11 is 0. The summed E-state index contributed by atoms with van der Waals surface area (Å²) in [6.45, 7) is 5.97. The smallest absolute Gasteiger partial charge is 0.305 e. The molecule has 0 aromatic carbocycles. The second-order valence-corrected chi connectivity index (χ2v) is 4.66. The third-order valence-corrected chi connectivity index (χ3v) is 3.57. The number of alkyl halides is 2. The van der Waals surface area contributed by atoms with E-state index in [4.69, 9.17) is 0 Å². The Labute approximate surface area is 82.6 Å². The lowest BCUT2D eigenvalue weighted by atomic mass is 10.4. The summed E-state index contributed by atoms with van der Waals surface area (Å²) in [5.41, 5.74) is -3.50. The second-order valence-electron chi connectivity index (χ2n) is 2.49. The van der Waals surface area contributed by atoms with Crippen LogP contribution in [0.1, 0.15) is 20.3 Å².